The van der Waals surface area contributed by atoms with Crippen molar-refractivity contribution in [3.8, 4) is 0 Å². The summed E-state index contributed by atoms with van der Waals surface area (Å²) in [4.78, 5) is 11.1. The van der Waals surface area contributed by atoms with E-state index in [0.29, 0.717) is 0 Å². The number of rotatable bonds is 2. The van der Waals surface area contributed by atoms with E-state index in [4.69, 9.17) is 5.11 Å². The Morgan fingerprint density at radius 3 is 2.88 bits per heavy atom. The maximum Gasteiger partial charge on any atom is 0.307 e. The second kappa shape index (κ2) is 2.84. The number of hydrogen-bond acceptors (Lipinski definition) is 3. The molecule has 3 rings (SSSR count). The van der Waals surface area contributed by atoms with Gasteiger partial charge in [0.05, 0.1) is 5.92 Å². The molecule has 5 heteroatoms. The van der Waals surface area contributed by atoms with Crippen molar-refractivity contribution in [2.24, 2.45) is 11.3 Å². The first-order chi connectivity index (χ1) is 7.53. The van der Waals surface area contributed by atoms with Gasteiger partial charge in [0, 0.05) is 18.9 Å². The lowest BCUT2D eigenvalue weighted by Gasteiger charge is -2.03. The Labute approximate surface area is 93.5 Å². The highest BCUT2D eigenvalue weighted by Crippen LogP contribution is 2.64. The number of carbonyl (C=O) groups is 1. The molecule has 0 amide bonds. The van der Waals surface area contributed by atoms with E-state index in [-0.39, 0.29) is 17.3 Å². The van der Waals surface area contributed by atoms with E-state index in [1.54, 1.807) is 0 Å². The molecule has 0 aromatic carbocycles. The minimum absolute atomic E-state index is 0.0318. The van der Waals surface area contributed by atoms with E-state index in [1.807, 2.05) is 13.8 Å². The largest absolute Gasteiger partial charge is 0.481 e. The normalized spacial score (nSPS) is 30.1. The van der Waals surface area contributed by atoms with Crippen molar-refractivity contribution in [2.75, 3.05) is 0 Å². The molecule has 0 saturated heterocycles. The van der Waals surface area contributed by atoms with Crippen molar-refractivity contribution in [3.05, 3.63) is 11.6 Å². The molecule has 0 radical (unpaired) electrons. The Morgan fingerprint density at radius 1 is 1.50 bits per heavy atom. The van der Waals surface area contributed by atoms with E-state index in [9.17, 15) is 4.79 Å². The van der Waals surface area contributed by atoms with Crippen LogP contribution in [0.1, 0.15) is 37.8 Å². The van der Waals surface area contributed by atoms with E-state index >= 15 is 0 Å². The average Bonchev–Trinajstić information content (AvgIpc) is 2.55. The molecule has 2 atom stereocenters. The number of aryl methyl sites for hydroxylation is 1. The lowest BCUT2D eigenvalue weighted by atomic mass is 10.1. The van der Waals surface area contributed by atoms with Crippen molar-refractivity contribution in [2.45, 2.75) is 39.2 Å². The van der Waals surface area contributed by atoms with Crippen LogP contribution in [-0.4, -0.2) is 25.8 Å². The summed E-state index contributed by atoms with van der Waals surface area (Å²) in [6.45, 7) is 4.93. The fourth-order valence-electron chi connectivity index (χ4n) is 2.98. The molecule has 1 fully saturated rings. The molecular weight excluding hydrogens is 206 g/mol. The first-order valence-electron chi connectivity index (χ1n) is 5.68. The van der Waals surface area contributed by atoms with Crippen molar-refractivity contribution in [3.63, 3.8) is 0 Å². The van der Waals surface area contributed by atoms with Gasteiger partial charge in [-0.3, -0.25) is 4.79 Å². The standard InChI is InChI=1S/C11H15N3O2/c1-11(2)7(8(11)10(15)16)9-13-12-6-4-3-5-14(6)9/h7-8H,3-5H2,1-2H3,(H,15,16). The zero-order chi connectivity index (χ0) is 11.5. The Morgan fingerprint density at radius 2 is 2.25 bits per heavy atom. The summed E-state index contributed by atoms with van der Waals surface area (Å²) in [6, 6.07) is 0. The van der Waals surface area contributed by atoms with Crippen LogP contribution in [0, 0.1) is 11.3 Å². The molecule has 2 aliphatic rings. The average molecular weight is 221 g/mol. The zero-order valence-corrected chi connectivity index (χ0v) is 9.47. The lowest BCUT2D eigenvalue weighted by molar-refractivity contribution is -0.139. The monoisotopic (exact) mass is 221 g/mol. The van der Waals surface area contributed by atoms with Gasteiger partial charge in [0.2, 0.25) is 0 Å². The van der Waals surface area contributed by atoms with Gasteiger partial charge in [0.1, 0.15) is 11.6 Å². The fraction of sp³-hybridized carbons (Fsp3) is 0.727. The molecule has 2 unspecified atom stereocenters. The molecule has 1 saturated carbocycles. The van der Waals surface area contributed by atoms with Crippen LogP contribution in [0.5, 0.6) is 0 Å². The van der Waals surface area contributed by atoms with Gasteiger partial charge < -0.3 is 9.67 Å². The highest BCUT2D eigenvalue weighted by atomic mass is 16.4. The number of carboxylic acid groups (broad SMARTS) is 1. The van der Waals surface area contributed by atoms with Crippen LogP contribution in [0.15, 0.2) is 0 Å². The molecular formula is C11H15N3O2. The van der Waals surface area contributed by atoms with Crippen LogP contribution in [0.4, 0.5) is 0 Å². The van der Waals surface area contributed by atoms with Crippen LogP contribution >= 0.6 is 0 Å². The molecule has 1 aromatic heterocycles. The Bertz CT molecular complexity index is 464. The molecule has 1 aliphatic carbocycles. The predicted octanol–water partition coefficient (Wildman–Crippen LogP) is 1.05. The maximum absolute atomic E-state index is 11.1. The number of aliphatic carboxylic acids is 1. The van der Waals surface area contributed by atoms with Gasteiger partial charge in [-0.25, -0.2) is 0 Å². The molecule has 0 bridgehead atoms. The third-order valence-electron chi connectivity index (χ3n) is 4.01. The summed E-state index contributed by atoms with van der Waals surface area (Å²) in [6.07, 6.45) is 2.07. The van der Waals surface area contributed by atoms with Gasteiger partial charge >= 0.3 is 5.97 Å². The molecule has 0 spiro atoms. The molecule has 16 heavy (non-hydrogen) atoms. The second-order valence-electron chi connectivity index (χ2n) is 5.34. The molecule has 1 N–H and O–H groups in total. The van der Waals surface area contributed by atoms with Gasteiger partial charge in [0.15, 0.2) is 0 Å². The van der Waals surface area contributed by atoms with Crippen LogP contribution in [-0.2, 0) is 17.8 Å². The fourth-order valence-corrected chi connectivity index (χ4v) is 2.98. The van der Waals surface area contributed by atoms with E-state index in [1.165, 1.54) is 0 Å². The number of nitrogens with zero attached hydrogens (tertiary/aromatic N) is 3. The minimum Gasteiger partial charge on any atom is -0.481 e. The first-order valence-corrected chi connectivity index (χ1v) is 5.68. The summed E-state index contributed by atoms with van der Waals surface area (Å²) < 4.78 is 2.11. The SMILES string of the molecule is CC1(C)C(C(=O)O)C1c1nnc2n1CCC2. The number of hydrogen-bond donors (Lipinski definition) is 1. The lowest BCUT2D eigenvalue weighted by Crippen LogP contribution is -2.04. The zero-order valence-electron chi connectivity index (χ0n) is 9.47. The van der Waals surface area contributed by atoms with Gasteiger partial charge in [-0.1, -0.05) is 13.8 Å². The third kappa shape index (κ3) is 1.08. The van der Waals surface area contributed by atoms with E-state index < -0.39 is 5.97 Å². The van der Waals surface area contributed by atoms with Crippen molar-refractivity contribution >= 4 is 5.97 Å². The summed E-state index contributed by atoms with van der Waals surface area (Å²) in [5.74, 6) is 0.905. The molecule has 2 heterocycles. The highest BCUT2D eigenvalue weighted by molar-refractivity contribution is 5.77. The third-order valence-corrected chi connectivity index (χ3v) is 4.01. The summed E-state index contributed by atoms with van der Waals surface area (Å²) in [5, 5.41) is 17.5. The van der Waals surface area contributed by atoms with Crippen LogP contribution in [0.25, 0.3) is 0 Å². The molecule has 1 aliphatic heterocycles. The van der Waals surface area contributed by atoms with Crippen molar-refractivity contribution in [1.82, 2.24) is 14.8 Å². The van der Waals surface area contributed by atoms with Gasteiger partial charge in [-0.15, -0.1) is 10.2 Å². The quantitative estimate of drug-likeness (QED) is 0.810. The number of aromatic nitrogens is 3. The van der Waals surface area contributed by atoms with Crippen LogP contribution in [0.2, 0.25) is 0 Å². The van der Waals surface area contributed by atoms with Gasteiger partial charge in [0.25, 0.3) is 0 Å². The smallest absolute Gasteiger partial charge is 0.307 e. The number of fused-ring (bicyclic) bond motifs is 1. The number of carboxylic acids is 1. The van der Waals surface area contributed by atoms with Gasteiger partial charge in [-0.2, -0.15) is 0 Å². The van der Waals surface area contributed by atoms with Crippen molar-refractivity contribution < 1.29 is 9.90 Å². The van der Waals surface area contributed by atoms with Crippen LogP contribution in [0.3, 0.4) is 0 Å². The van der Waals surface area contributed by atoms with Crippen LogP contribution < -0.4 is 0 Å². The Balaban J connectivity index is 1.97. The van der Waals surface area contributed by atoms with E-state index in [0.717, 1.165) is 31.0 Å². The summed E-state index contributed by atoms with van der Waals surface area (Å²) in [5.41, 5.74) is -0.182. The summed E-state index contributed by atoms with van der Waals surface area (Å²) in [7, 11) is 0. The second-order valence-corrected chi connectivity index (χ2v) is 5.34. The summed E-state index contributed by atoms with van der Waals surface area (Å²) >= 11 is 0. The molecule has 86 valence electrons. The first kappa shape index (κ1) is 9.81. The molecule has 5 nitrogen and oxygen atoms in total. The minimum atomic E-state index is -0.717. The Kier molecular flexibility index (Phi) is 1.74. The van der Waals surface area contributed by atoms with Crippen molar-refractivity contribution in [1.29, 1.82) is 0 Å². The van der Waals surface area contributed by atoms with E-state index in [2.05, 4.69) is 14.8 Å². The highest BCUT2D eigenvalue weighted by Gasteiger charge is 2.65. The topological polar surface area (TPSA) is 68.0 Å². The van der Waals surface area contributed by atoms with Gasteiger partial charge in [-0.05, 0) is 11.8 Å². The maximum atomic E-state index is 11.1. The predicted molar refractivity (Wildman–Crippen MR) is 56.0 cm³/mol. The molecule has 1 aromatic rings. The Hall–Kier alpha value is -1.39.